The molecule has 0 aliphatic carbocycles. The van der Waals surface area contributed by atoms with Gasteiger partial charge in [0.2, 0.25) is 0 Å². The van der Waals surface area contributed by atoms with E-state index in [1.165, 1.54) is 0 Å². The maximum absolute atomic E-state index is 12.7. The van der Waals surface area contributed by atoms with Gasteiger partial charge >= 0.3 is 5.97 Å². The molecular formula is C18H25NO3. The number of carboxylic acids is 1. The summed E-state index contributed by atoms with van der Waals surface area (Å²) >= 11 is 0. The molecule has 1 aliphatic rings. The Labute approximate surface area is 132 Å². The van der Waals surface area contributed by atoms with Crippen molar-refractivity contribution in [3.63, 3.8) is 0 Å². The Hall–Kier alpha value is -1.84. The van der Waals surface area contributed by atoms with Crippen LogP contribution < -0.4 is 0 Å². The maximum Gasteiger partial charge on any atom is 0.305 e. The number of rotatable bonds is 4. The average molecular weight is 303 g/mol. The number of carbonyl (C=O) groups excluding carboxylic acids is 1. The maximum atomic E-state index is 12.7. The number of hydrogen-bond acceptors (Lipinski definition) is 2. The van der Waals surface area contributed by atoms with E-state index >= 15 is 0 Å². The van der Waals surface area contributed by atoms with Gasteiger partial charge in [-0.1, -0.05) is 46.8 Å². The van der Waals surface area contributed by atoms with Crippen LogP contribution in [0.2, 0.25) is 0 Å². The van der Waals surface area contributed by atoms with Gasteiger partial charge in [0, 0.05) is 12.1 Å². The molecule has 0 radical (unpaired) electrons. The van der Waals surface area contributed by atoms with Gasteiger partial charge in [-0.05, 0) is 28.5 Å². The van der Waals surface area contributed by atoms with Crippen LogP contribution in [0.15, 0.2) is 18.2 Å². The van der Waals surface area contributed by atoms with E-state index in [1.54, 1.807) is 4.90 Å². The summed E-state index contributed by atoms with van der Waals surface area (Å²) in [4.78, 5) is 25.6. The number of aliphatic carboxylic acids is 1. The minimum absolute atomic E-state index is 0.0386. The van der Waals surface area contributed by atoms with Crippen LogP contribution in [0.25, 0.3) is 0 Å². The van der Waals surface area contributed by atoms with E-state index in [2.05, 4.69) is 20.8 Å². The monoisotopic (exact) mass is 303 g/mol. The highest BCUT2D eigenvalue weighted by molar-refractivity contribution is 6.00. The minimum Gasteiger partial charge on any atom is -0.481 e. The van der Waals surface area contributed by atoms with Crippen molar-refractivity contribution in [3.8, 4) is 0 Å². The number of carboxylic acid groups (broad SMARTS) is 1. The van der Waals surface area contributed by atoms with E-state index in [4.69, 9.17) is 0 Å². The number of hydrogen-bond donors (Lipinski definition) is 1. The number of nitrogens with zero attached hydrogens (tertiary/aromatic N) is 1. The number of benzene rings is 1. The lowest BCUT2D eigenvalue weighted by molar-refractivity contribution is -0.138. The van der Waals surface area contributed by atoms with E-state index in [9.17, 15) is 14.7 Å². The smallest absolute Gasteiger partial charge is 0.305 e. The normalized spacial score (nSPS) is 18.0. The van der Waals surface area contributed by atoms with Crippen molar-refractivity contribution in [1.82, 2.24) is 4.90 Å². The van der Waals surface area contributed by atoms with E-state index in [1.807, 2.05) is 32.0 Å². The van der Waals surface area contributed by atoms with Crippen LogP contribution in [0.4, 0.5) is 0 Å². The van der Waals surface area contributed by atoms with Gasteiger partial charge in [-0.2, -0.15) is 0 Å². The standard InChI is InChI=1S/C18H25NO3/c1-11(2)10-19-15(9-16(20)21)13-7-6-12(18(3,4)5)8-14(13)17(19)22/h6-8,11,15H,9-10H2,1-5H3,(H,20,21). The summed E-state index contributed by atoms with van der Waals surface area (Å²) in [7, 11) is 0. The second-order valence-electron chi connectivity index (χ2n) is 7.52. The van der Waals surface area contributed by atoms with Crippen LogP contribution in [0.5, 0.6) is 0 Å². The first-order chi connectivity index (χ1) is 10.1. The van der Waals surface area contributed by atoms with Crippen molar-refractivity contribution in [2.75, 3.05) is 6.54 Å². The van der Waals surface area contributed by atoms with Gasteiger partial charge in [0.25, 0.3) is 5.91 Å². The molecule has 1 amide bonds. The fourth-order valence-corrected chi connectivity index (χ4v) is 2.95. The lowest BCUT2D eigenvalue weighted by Crippen LogP contribution is -2.32. The lowest BCUT2D eigenvalue weighted by Gasteiger charge is -2.26. The summed E-state index contributed by atoms with van der Waals surface area (Å²) < 4.78 is 0. The highest BCUT2D eigenvalue weighted by Crippen LogP contribution is 2.38. The van der Waals surface area contributed by atoms with Crippen molar-refractivity contribution in [2.45, 2.75) is 52.5 Å². The van der Waals surface area contributed by atoms with Crippen LogP contribution in [-0.4, -0.2) is 28.4 Å². The van der Waals surface area contributed by atoms with Crippen LogP contribution in [0.1, 0.15) is 68.6 Å². The third kappa shape index (κ3) is 3.16. The summed E-state index contributed by atoms with van der Waals surface area (Å²) in [6, 6.07) is 5.53. The number of fused-ring (bicyclic) bond motifs is 1. The molecule has 120 valence electrons. The minimum atomic E-state index is -0.876. The van der Waals surface area contributed by atoms with Gasteiger partial charge in [0.15, 0.2) is 0 Å². The van der Waals surface area contributed by atoms with E-state index in [0.717, 1.165) is 11.1 Å². The molecule has 0 spiro atoms. The summed E-state index contributed by atoms with van der Waals surface area (Å²) in [6.45, 7) is 11.0. The van der Waals surface area contributed by atoms with Crippen molar-refractivity contribution in [1.29, 1.82) is 0 Å². The Kier molecular flexibility index (Phi) is 4.32. The van der Waals surface area contributed by atoms with Crippen molar-refractivity contribution < 1.29 is 14.7 Å². The molecule has 0 saturated heterocycles. The van der Waals surface area contributed by atoms with Crippen molar-refractivity contribution >= 4 is 11.9 Å². The quantitative estimate of drug-likeness (QED) is 0.924. The molecule has 1 N–H and O–H groups in total. The molecule has 0 saturated carbocycles. The summed E-state index contributed by atoms with van der Waals surface area (Å²) in [5, 5.41) is 9.18. The Balaban J connectivity index is 2.46. The Morgan fingerprint density at radius 3 is 2.45 bits per heavy atom. The van der Waals surface area contributed by atoms with Crippen molar-refractivity contribution in [3.05, 3.63) is 34.9 Å². The summed E-state index contributed by atoms with van der Waals surface area (Å²) in [6.07, 6.45) is -0.0413. The second-order valence-corrected chi connectivity index (χ2v) is 7.52. The SMILES string of the molecule is CC(C)CN1C(=O)c2cc(C(C)(C)C)ccc2C1CC(=O)O. The molecule has 0 fully saturated rings. The van der Waals surface area contributed by atoms with Gasteiger partial charge in [-0.3, -0.25) is 9.59 Å². The topological polar surface area (TPSA) is 57.6 Å². The molecule has 1 heterocycles. The van der Waals surface area contributed by atoms with Gasteiger partial charge in [0.1, 0.15) is 0 Å². The first-order valence-electron chi connectivity index (χ1n) is 7.78. The highest BCUT2D eigenvalue weighted by atomic mass is 16.4. The zero-order valence-electron chi connectivity index (χ0n) is 14.0. The van der Waals surface area contributed by atoms with E-state index in [0.29, 0.717) is 18.0 Å². The zero-order valence-corrected chi connectivity index (χ0v) is 14.0. The van der Waals surface area contributed by atoms with Crippen molar-refractivity contribution in [2.24, 2.45) is 5.92 Å². The molecule has 22 heavy (non-hydrogen) atoms. The molecule has 4 nitrogen and oxygen atoms in total. The molecule has 0 aromatic heterocycles. The Morgan fingerprint density at radius 2 is 1.95 bits per heavy atom. The predicted molar refractivity (Wildman–Crippen MR) is 86.0 cm³/mol. The first kappa shape index (κ1) is 16.5. The molecule has 1 atom stereocenters. The first-order valence-corrected chi connectivity index (χ1v) is 7.78. The molecule has 2 rings (SSSR count). The lowest BCUT2D eigenvalue weighted by atomic mass is 9.85. The van der Waals surface area contributed by atoms with E-state index < -0.39 is 5.97 Å². The molecular weight excluding hydrogens is 278 g/mol. The van der Waals surface area contributed by atoms with Crippen LogP contribution in [0.3, 0.4) is 0 Å². The average Bonchev–Trinajstić information content (AvgIpc) is 2.62. The zero-order chi connectivity index (χ0) is 16.7. The van der Waals surface area contributed by atoms with Gasteiger partial charge in [-0.25, -0.2) is 0 Å². The number of amides is 1. The molecule has 0 bridgehead atoms. The fraction of sp³-hybridized carbons (Fsp3) is 0.556. The molecule has 1 aromatic rings. The van der Waals surface area contributed by atoms with Gasteiger partial charge in [-0.15, -0.1) is 0 Å². The molecule has 1 aromatic carbocycles. The van der Waals surface area contributed by atoms with Crippen LogP contribution in [-0.2, 0) is 10.2 Å². The third-order valence-corrected chi connectivity index (χ3v) is 4.08. The summed E-state index contributed by atoms with van der Waals surface area (Å²) in [5.41, 5.74) is 2.57. The third-order valence-electron chi connectivity index (χ3n) is 4.08. The Bertz CT molecular complexity index is 599. The Morgan fingerprint density at radius 1 is 1.32 bits per heavy atom. The molecule has 1 aliphatic heterocycles. The van der Waals surface area contributed by atoms with Gasteiger partial charge in [0.05, 0.1) is 12.5 Å². The fourth-order valence-electron chi connectivity index (χ4n) is 2.95. The largest absolute Gasteiger partial charge is 0.481 e. The van der Waals surface area contributed by atoms with E-state index in [-0.39, 0.29) is 23.8 Å². The second kappa shape index (κ2) is 5.75. The number of carbonyl (C=O) groups is 2. The van der Waals surface area contributed by atoms with Crippen LogP contribution in [0, 0.1) is 5.92 Å². The van der Waals surface area contributed by atoms with Crippen LogP contribution >= 0.6 is 0 Å². The predicted octanol–water partition coefficient (Wildman–Crippen LogP) is 3.61. The van der Waals surface area contributed by atoms with Gasteiger partial charge < -0.3 is 10.0 Å². The summed E-state index contributed by atoms with van der Waals surface area (Å²) in [5.74, 6) is -0.614. The molecule has 4 heteroatoms. The highest BCUT2D eigenvalue weighted by Gasteiger charge is 2.38. The molecule has 1 unspecified atom stereocenters.